The summed E-state index contributed by atoms with van der Waals surface area (Å²) in [5.74, 6) is -5.99. The number of amides is 2. The molecule has 0 bridgehead atoms. The van der Waals surface area contributed by atoms with Gasteiger partial charge in [-0.1, -0.05) is 23.8 Å². The molecule has 2 amide bonds. The summed E-state index contributed by atoms with van der Waals surface area (Å²) in [6.07, 6.45) is 3.60. The van der Waals surface area contributed by atoms with Crippen molar-refractivity contribution < 1.29 is 39.3 Å². The lowest BCUT2D eigenvalue weighted by molar-refractivity contribution is -0.123. The number of phenolic OH excluding ortho intramolecular Hbond substituents is 1. The predicted molar refractivity (Wildman–Crippen MR) is 142 cm³/mol. The highest BCUT2D eigenvalue weighted by Gasteiger charge is 2.56. The SMILES string of the molecule is CC1=CC(=O)C2=C(C[C@@H]3C(=CC[C@@H]4C(=O)N(c5ccc(C(=O)O)c(O)c5)C(=O)[C@@H]43)[C@@H]2c2ccc(O)c(C)c2)C1=O. The van der Waals surface area contributed by atoms with Gasteiger partial charge in [0.25, 0.3) is 0 Å². The molecule has 2 aromatic rings. The van der Waals surface area contributed by atoms with Crippen LogP contribution in [-0.2, 0) is 19.2 Å². The van der Waals surface area contributed by atoms with Crippen molar-refractivity contribution >= 4 is 35.0 Å². The Labute approximate surface area is 228 Å². The predicted octanol–water partition coefficient (Wildman–Crippen LogP) is 3.74. The molecule has 40 heavy (non-hydrogen) atoms. The average molecular weight is 540 g/mol. The second-order valence-corrected chi connectivity index (χ2v) is 10.8. The van der Waals surface area contributed by atoms with Gasteiger partial charge >= 0.3 is 5.97 Å². The fourth-order valence-electron chi connectivity index (χ4n) is 6.71. The molecule has 4 aliphatic rings. The molecule has 0 aromatic heterocycles. The number of aryl methyl sites for hydroxylation is 1. The molecule has 4 atom stereocenters. The number of Topliss-reactive ketones (excluding diaryl/α,β-unsaturated/α-hetero) is 1. The minimum atomic E-state index is -1.34. The Morgan fingerprint density at radius 1 is 0.925 bits per heavy atom. The number of hydrogen-bond acceptors (Lipinski definition) is 7. The Morgan fingerprint density at radius 3 is 2.35 bits per heavy atom. The van der Waals surface area contributed by atoms with Crippen molar-refractivity contribution in [3.63, 3.8) is 0 Å². The van der Waals surface area contributed by atoms with Crippen LogP contribution < -0.4 is 4.90 Å². The number of carbonyl (C=O) groups is 5. The maximum absolute atomic E-state index is 13.9. The highest BCUT2D eigenvalue weighted by Crippen LogP contribution is 2.55. The highest BCUT2D eigenvalue weighted by molar-refractivity contribution is 6.25. The van der Waals surface area contributed by atoms with Crippen molar-refractivity contribution in [3.05, 3.63) is 87.5 Å². The van der Waals surface area contributed by atoms with Crippen LogP contribution in [0.1, 0.15) is 47.2 Å². The topological polar surface area (TPSA) is 149 Å². The average Bonchev–Trinajstić information content (AvgIpc) is 3.17. The van der Waals surface area contributed by atoms with Crippen molar-refractivity contribution in [2.75, 3.05) is 4.90 Å². The number of carboxylic acid groups (broad SMARTS) is 1. The number of allylic oxidation sites excluding steroid dienone is 6. The summed E-state index contributed by atoms with van der Waals surface area (Å²) >= 11 is 0. The van der Waals surface area contributed by atoms with Crippen LogP contribution in [0.25, 0.3) is 0 Å². The number of fused-ring (bicyclic) bond motifs is 3. The summed E-state index contributed by atoms with van der Waals surface area (Å²) in [4.78, 5) is 66.5. The lowest BCUT2D eigenvalue weighted by Crippen LogP contribution is -2.39. The molecule has 9 nitrogen and oxygen atoms in total. The summed E-state index contributed by atoms with van der Waals surface area (Å²) in [6, 6.07) is 8.55. The van der Waals surface area contributed by atoms with Gasteiger partial charge in [-0.05, 0) is 68.0 Å². The van der Waals surface area contributed by atoms with Crippen LogP contribution in [0.3, 0.4) is 0 Å². The summed E-state index contributed by atoms with van der Waals surface area (Å²) in [6.45, 7) is 3.32. The fraction of sp³-hybridized carbons (Fsp3) is 0.258. The molecular formula is C31H25NO8. The zero-order valence-electron chi connectivity index (χ0n) is 21.7. The molecule has 0 unspecified atom stereocenters. The van der Waals surface area contributed by atoms with Crippen LogP contribution in [0.4, 0.5) is 5.69 Å². The van der Waals surface area contributed by atoms with Crippen LogP contribution in [-0.4, -0.2) is 44.7 Å². The van der Waals surface area contributed by atoms with Gasteiger partial charge in [-0.2, -0.15) is 0 Å². The van der Waals surface area contributed by atoms with Crippen molar-refractivity contribution in [2.45, 2.75) is 32.6 Å². The third kappa shape index (κ3) is 3.57. The monoisotopic (exact) mass is 539 g/mol. The van der Waals surface area contributed by atoms with Gasteiger partial charge in [-0.15, -0.1) is 0 Å². The quantitative estimate of drug-likeness (QED) is 0.303. The number of benzene rings is 2. The van der Waals surface area contributed by atoms with E-state index in [1.165, 1.54) is 18.2 Å². The highest BCUT2D eigenvalue weighted by atomic mass is 16.4. The molecule has 1 saturated heterocycles. The van der Waals surface area contributed by atoms with Gasteiger partial charge in [0.15, 0.2) is 11.6 Å². The number of carbonyl (C=O) groups excluding carboxylic acids is 4. The molecule has 0 radical (unpaired) electrons. The first-order valence-corrected chi connectivity index (χ1v) is 12.9. The van der Waals surface area contributed by atoms with Gasteiger partial charge < -0.3 is 15.3 Å². The van der Waals surface area contributed by atoms with Gasteiger partial charge in [0, 0.05) is 28.7 Å². The molecule has 1 heterocycles. The van der Waals surface area contributed by atoms with Crippen LogP contribution in [0.2, 0.25) is 0 Å². The number of rotatable bonds is 3. The van der Waals surface area contributed by atoms with Crippen molar-refractivity contribution in [3.8, 4) is 11.5 Å². The molecule has 6 rings (SSSR count). The number of anilines is 1. The van der Waals surface area contributed by atoms with E-state index in [4.69, 9.17) is 0 Å². The Kier molecular flexibility index (Phi) is 5.65. The van der Waals surface area contributed by atoms with Gasteiger partial charge in [-0.3, -0.25) is 19.2 Å². The zero-order chi connectivity index (χ0) is 28.6. The molecule has 1 aliphatic heterocycles. The van der Waals surface area contributed by atoms with Crippen molar-refractivity contribution in [2.24, 2.45) is 17.8 Å². The normalized spacial score (nSPS) is 25.8. The van der Waals surface area contributed by atoms with E-state index in [-0.39, 0.29) is 41.4 Å². The van der Waals surface area contributed by atoms with Crippen molar-refractivity contribution in [1.29, 1.82) is 0 Å². The number of hydrogen-bond donors (Lipinski definition) is 3. The Bertz CT molecular complexity index is 1680. The van der Waals surface area contributed by atoms with Gasteiger partial charge in [0.05, 0.1) is 17.5 Å². The molecule has 0 saturated carbocycles. The first-order valence-electron chi connectivity index (χ1n) is 12.9. The number of carboxylic acids is 1. The summed E-state index contributed by atoms with van der Waals surface area (Å²) in [5.41, 5.74) is 2.81. The van der Waals surface area contributed by atoms with E-state index in [0.29, 0.717) is 27.8 Å². The van der Waals surface area contributed by atoms with Crippen LogP contribution in [0.5, 0.6) is 11.5 Å². The molecule has 0 spiro atoms. The van der Waals surface area contributed by atoms with Gasteiger partial charge in [0.2, 0.25) is 11.8 Å². The molecule has 3 N–H and O–H groups in total. The molecule has 1 fully saturated rings. The van der Waals surface area contributed by atoms with E-state index in [9.17, 15) is 39.3 Å². The molecular weight excluding hydrogens is 514 g/mol. The number of aromatic carboxylic acids is 1. The van der Waals surface area contributed by atoms with E-state index >= 15 is 0 Å². The minimum Gasteiger partial charge on any atom is -0.508 e. The number of phenols is 2. The smallest absolute Gasteiger partial charge is 0.339 e. The van der Waals surface area contributed by atoms with Crippen LogP contribution in [0, 0.1) is 24.7 Å². The number of ketones is 2. The summed E-state index contributed by atoms with van der Waals surface area (Å²) in [7, 11) is 0. The molecule has 3 aliphatic carbocycles. The number of nitrogens with zero attached hydrogens (tertiary/aromatic N) is 1. The maximum Gasteiger partial charge on any atom is 0.339 e. The second-order valence-electron chi connectivity index (χ2n) is 10.8. The molecule has 2 aromatic carbocycles. The Balaban J connectivity index is 1.46. The summed E-state index contributed by atoms with van der Waals surface area (Å²) < 4.78 is 0. The van der Waals surface area contributed by atoms with Crippen LogP contribution in [0.15, 0.2) is 70.8 Å². The largest absolute Gasteiger partial charge is 0.508 e. The standard InChI is InChI=1S/C31H25NO8/c1-13-9-15(3-8-22(13)33)25-17-6-7-19-26(20(17)12-21-27(25)24(35)10-14(2)28(21)36)30(38)32(29(19)37)16-4-5-18(31(39)40)23(34)11-16/h3-6,8-11,19-20,25-26,33-34H,7,12H2,1-2H3,(H,39,40)/t19-,20+,25-,26-/m0/s1. The van der Waals surface area contributed by atoms with E-state index in [1.54, 1.807) is 26.0 Å². The molecule has 202 valence electrons. The second kappa shape index (κ2) is 8.87. The van der Waals surface area contributed by atoms with Crippen molar-refractivity contribution in [1.82, 2.24) is 0 Å². The molecule has 9 heteroatoms. The first kappa shape index (κ1) is 25.5. The lowest BCUT2D eigenvalue weighted by atomic mass is 9.59. The zero-order valence-corrected chi connectivity index (χ0v) is 21.7. The fourth-order valence-corrected chi connectivity index (χ4v) is 6.71. The van der Waals surface area contributed by atoms with E-state index in [1.807, 2.05) is 6.08 Å². The summed E-state index contributed by atoms with van der Waals surface area (Å²) in [5, 5.41) is 29.6. The van der Waals surface area contributed by atoms with Gasteiger partial charge in [0.1, 0.15) is 17.1 Å². The third-order valence-electron chi connectivity index (χ3n) is 8.59. The number of aromatic hydroxyl groups is 2. The lowest BCUT2D eigenvalue weighted by Gasteiger charge is -2.42. The van der Waals surface area contributed by atoms with Gasteiger partial charge in [-0.25, -0.2) is 9.69 Å². The Hall–Kier alpha value is -4.79. The maximum atomic E-state index is 13.9. The van der Waals surface area contributed by atoms with E-state index < -0.39 is 47.2 Å². The van der Waals surface area contributed by atoms with E-state index in [0.717, 1.165) is 22.6 Å². The van der Waals surface area contributed by atoms with Crippen LogP contribution >= 0.6 is 0 Å². The third-order valence-corrected chi connectivity index (χ3v) is 8.59. The Morgan fingerprint density at radius 2 is 1.68 bits per heavy atom. The van der Waals surface area contributed by atoms with E-state index in [2.05, 4.69) is 0 Å². The first-order chi connectivity index (χ1) is 19.0. The number of imide groups is 1. The minimum absolute atomic E-state index is 0.0672.